The van der Waals surface area contributed by atoms with Gasteiger partial charge in [0.05, 0.1) is 23.3 Å². The number of anilines is 1. The lowest BCUT2D eigenvalue weighted by atomic mass is 10.1. The Hall–Kier alpha value is -3.24. The third-order valence-electron chi connectivity index (χ3n) is 5.31. The summed E-state index contributed by atoms with van der Waals surface area (Å²) in [5.41, 5.74) is 1.09. The van der Waals surface area contributed by atoms with E-state index in [1.807, 2.05) is 0 Å². The van der Waals surface area contributed by atoms with Crippen LogP contribution >= 0.6 is 0 Å². The third kappa shape index (κ3) is 5.14. The molecule has 1 fully saturated rings. The molecule has 1 heterocycles. The Morgan fingerprint density at radius 3 is 2.56 bits per heavy atom. The quantitative estimate of drug-likeness (QED) is 0.383. The van der Waals surface area contributed by atoms with Crippen molar-refractivity contribution in [1.82, 2.24) is 4.31 Å². The van der Waals surface area contributed by atoms with Crippen LogP contribution in [0.15, 0.2) is 47.4 Å². The molecule has 0 unspecified atom stereocenters. The van der Waals surface area contributed by atoms with Gasteiger partial charge >= 0.3 is 0 Å². The van der Waals surface area contributed by atoms with Gasteiger partial charge in [-0.3, -0.25) is 14.9 Å². The van der Waals surface area contributed by atoms with Crippen molar-refractivity contribution in [1.29, 1.82) is 0 Å². The van der Waals surface area contributed by atoms with Gasteiger partial charge in [-0.1, -0.05) is 18.6 Å². The van der Waals surface area contributed by atoms with E-state index in [9.17, 15) is 23.3 Å². The van der Waals surface area contributed by atoms with Gasteiger partial charge in [0.15, 0.2) is 0 Å². The molecule has 1 amide bonds. The Labute approximate surface area is 186 Å². The fourth-order valence-corrected chi connectivity index (χ4v) is 5.25. The van der Waals surface area contributed by atoms with Crippen LogP contribution in [0.3, 0.4) is 0 Å². The molecule has 170 valence electrons. The number of hydrogen-bond acceptors (Lipinski definition) is 6. The molecule has 0 bridgehead atoms. The predicted octanol–water partition coefficient (Wildman–Crippen LogP) is 3.74. The molecule has 2 aromatic rings. The summed E-state index contributed by atoms with van der Waals surface area (Å²) in [5.74, 6) is -0.255. The van der Waals surface area contributed by atoms with Crippen LogP contribution in [-0.2, 0) is 14.8 Å². The molecule has 1 aliphatic heterocycles. The molecule has 0 spiro atoms. The molecule has 0 saturated carbocycles. The first-order valence-electron chi connectivity index (χ1n) is 10.2. The third-order valence-corrected chi connectivity index (χ3v) is 7.23. The van der Waals surface area contributed by atoms with E-state index in [0.717, 1.165) is 19.3 Å². The molecule has 1 saturated heterocycles. The van der Waals surface area contributed by atoms with E-state index in [0.29, 0.717) is 29.9 Å². The molecule has 1 N–H and O–H groups in total. The van der Waals surface area contributed by atoms with E-state index in [-0.39, 0.29) is 16.3 Å². The van der Waals surface area contributed by atoms with Gasteiger partial charge < -0.3 is 10.1 Å². The van der Waals surface area contributed by atoms with Gasteiger partial charge in [-0.05, 0) is 49.6 Å². The lowest BCUT2D eigenvalue weighted by molar-refractivity contribution is -0.385. The first kappa shape index (κ1) is 23.4. The summed E-state index contributed by atoms with van der Waals surface area (Å²) in [7, 11) is -2.31. The summed E-state index contributed by atoms with van der Waals surface area (Å²) < 4.78 is 32.9. The first-order chi connectivity index (χ1) is 15.2. The molecular formula is C22H25N3O6S. The Bertz CT molecular complexity index is 1150. The number of carbonyl (C=O) groups excluding carboxylic acids is 1. The van der Waals surface area contributed by atoms with E-state index in [1.54, 1.807) is 25.1 Å². The average Bonchev–Trinajstić information content (AvgIpc) is 2.79. The largest absolute Gasteiger partial charge is 0.495 e. The average molecular weight is 460 g/mol. The van der Waals surface area contributed by atoms with Crippen molar-refractivity contribution in [2.24, 2.45) is 0 Å². The van der Waals surface area contributed by atoms with Crippen LogP contribution in [0.5, 0.6) is 5.75 Å². The zero-order valence-corrected chi connectivity index (χ0v) is 18.7. The maximum atomic E-state index is 13.1. The molecule has 3 rings (SSSR count). The summed E-state index contributed by atoms with van der Waals surface area (Å²) in [4.78, 5) is 23.0. The summed E-state index contributed by atoms with van der Waals surface area (Å²) in [6.45, 7) is 2.49. The van der Waals surface area contributed by atoms with Gasteiger partial charge in [-0.15, -0.1) is 0 Å². The molecule has 10 heteroatoms. The van der Waals surface area contributed by atoms with Crippen LogP contribution in [0.1, 0.15) is 30.4 Å². The second-order valence-corrected chi connectivity index (χ2v) is 9.31. The topological polar surface area (TPSA) is 119 Å². The van der Waals surface area contributed by atoms with Crippen LogP contribution in [0.4, 0.5) is 11.4 Å². The minimum atomic E-state index is -3.72. The molecule has 0 aliphatic carbocycles. The minimum absolute atomic E-state index is 0.0546. The molecule has 2 aromatic carbocycles. The number of benzene rings is 2. The van der Waals surface area contributed by atoms with Crippen molar-refractivity contribution < 1.29 is 22.9 Å². The molecule has 32 heavy (non-hydrogen) atoms. The zero-order chi connectivity index (χ0) is 23.3. The highest BCUT2D eigenvalue weighted by Gasteiger charge is 2.29. The summed E-state index contributed by atoms with van der Waals surface area (Å²) in [6.07, 6.45) is 5.37. The highest BCUT2D eigenvalue weighted by molar-refractivity contribution is 7.89. The number of nitrogens with zero attached hydrogens (tertiary/aromatic N) is 2. The number of sulfonamides is 1. The normalized spacial score (nSPS) is 14.9. The summed E-state index contributed by atoms with van der Waals surface area (Å²) in [6, 6.07) is 9.11. The lowest BCUT2D eigenvalue weighted by Gasteiger charge is -2.26. The van der Waals surface area contributed by atoms with Crippen LogP contribution in [-0.4, -0.2) is 43.8 Å². The maximum Gasteiger partial charge on any atom is 0.274 e. The van der Waals surface area contributed by atoms with Crippen LogP contribution < -0.4 is 10.1 Å². The Morgan fingerprint density at radius 1 is 1.19 bits per heavy atom. The van der Waals surface area contributed by atoms with Crippen LogP contribution in [0, 0.1) is 17.0 Å². The molecule has 0 atom stereocenters. The van der Waals surface area contributed by atoms with Crippen molar-refractivity contribution in [3.05, 3.63) is 63.7 Å². The number of nitro benzene ring substituents is 1. The SMILES string of the molecule is COc1ccc(C=CC(=O)Nc2cccc([N+](=O)[O-])c2C)cc1S(=O)(=O)N1CCCCC1. The van der Waals surface area contributed by atoms with Crippen molar-refractivity contribution in [2.45, 2.75) is 31.1 Å². The number of rotatable bonds is 7. The monoisotopic (exact) mass is 459 g/mol. The van der Waals surface area contributed by atoms with Gasteiger partial charge in [0.25, 0.3) is 5.69 Å². The minimum Gasteiger partial charge on any atom is -0.495 e. The van der Waals surface area contributed by atoms with Gasteiger partial charge in [0.2, 0.25) is 15.9 Å². The van der Waals surface area contributed by atoms with E-state index < -0.39 is 20.9 Å². The van der Waals surface area contributed by atoms with Crippen LogP contribution in [0.25, 0.3) is 6.08 Å². The number of nitro groups is 1. The highest BCUT2D eigenvalue weighted by atomic mass is 32.2. The maximum absolute atomic E-state index is 13.1. The van der Waals surface area contributed by atoms with Crippen molar-refractivity contribution >= 4 is 33.4 Å². The molecule has 0 radical (unpaired) electrons. The van der Waals surface area contributed by atoms with E-state index >= 15 is 0 Å². The number of ether oxygens (including phenoxy) is 1. The molecular weight excluding hydrogens is 434 g/mol. The fourth-order valence-electron chi connectivity index (χ4n) is 3.55. The number of piperidine rings is 1. The highest BCUT2D eigenvalue weighted by Crippen LogP contribution is 2.30. The van der Waals surface area contributed by atoms with Gasteiger partial charge in [-0.25, -0.2) is 8.42 Å². The smallest absolute Gasteiger partial charge is 0.274 e. The predicted molar refractivity (Wildman–Crippen MR) is 121 cm³/mol. The van der Waals surface area contributed by atoms with Gasteiger partial charge in [-0.2, -0.15) is 4.31 Å². The summed E-state index contributed by atoms with van der Waals surface area (Å²) in [5, 5.41) is 13.7. The molecule has 0 aromatic heterocycles. The summed E-state index contributed by atoms with van der Waals surface area (Å²) >= 11 is 0. The van der Waals surface area contributed by atoms with E-state index in [4.69, 9.17) is 4.74 Å². The number of nitrogens with one attached hydrogen (secondary N) is 1. The fraction of sp³-hybridized carbons (Fsp3) is 0.318. The number of carbonyl (C=O) groups is 1. The van der Waals surface area contributed by atoms with Crippen molar-refractivity contribution in [3.8, 4) is 5.75 Å². The standard InChI is InChI=1S/C22H25N3O6S/c1-16-18(7-6-8-19(16)25(27)28)23-22(26)12-10-17-9-11-20(31-2)21(15-17)32(29,30)24-13-4-3-5-14-24/h6-12,15H,3-5,13-14H2,1-2H3,(H,23,26). The van der Waals surface area contributed by atoms with E-state index in [2.05, 4.69) is 5.32 Å². The zero-order valence-electron chi connectivity index (χ0n) is 17.9. The van der Waals surface area contributed by atoms with Crippen molar-refractivity contribution in [3.63, 3.8) is 0 Å². The van der Waals surface area contributed by atoms with E-state index in [1.165, 1.54) is 41.8 Å². The number of methoxy groups -OCH3 is 1. The van der Waals surface area contributed by atoms with Gasteiger partial charge in [0, 0.05) is 25.2 Å². The number of hydrogen-bond donors (Lipinski definition) is 1. The second kappa shape index (κ2) is 9.92. The number of amides is 1. The molecule has 9 nitrogen and oxygen atoms in total. The Morgan fingerprint density at radius 2 is 1.91 bits per heavy atom. The van der Waals surface area contributed by atoms with Gasteiger partial charge in [0.1, 0.15) is 10.6 Å². The molecule has 1 aliphatic rings. The van der Waals surface area contributed by atoms with Crippen molar-refractivity contribution in [2.75, 3.05) is 25.5 Å². The first-order valence-corrected chi connectivity index (χ1v) is 11.6. The second-order valence-electron chi connectivity index (χ2n) is 7.40. The Balaban J connectivity index is 1.82. The van der Waals surface area contributed by atoms with Crippen LogP contribution in [0.2, 0.25) is 0 Å². The Kier molecular flexibility index (Phi) is 7.26. The lowest BCUT2D eigenvalue weighted by Crippen LogP contribution is -2.35.